The van der Waals surface area contributed by atoms with E-state index < -0.39 is 0 Å². The number of ether oxygens (including phenoxy) is 2. The van der Waals surface area contributed by atoms with Crippen LogP contribution in [-0.2, 0) is 9.47 Å². The second-order valence-corrected chi connectivity index (χ2v) is 18.2. The van der Waals surface area contributed by atoms with Crippen LogP contribution < -0.4 is 0 Å². The van der Waals surface area contributed by atoms with Crippen molar-refractivity contribution in [3.8, 4) is 0 Å². The molecule has 2 aliphatic heterocycles. The maximum atomic E-state index is 5.39. The average molecular weight is 758 g/mol. The zero-order valence-corrected chi connectivity index (χ0v) is 34.9. The van der Waals surface area contributed by atoms with Gasteiger partial charge < -0.3 is 9.47 Å². The summed E-state index contributed by atoms with van der Waals surface area (Å²) in [6.07, 6.45) is 30.9. The normalized spacial score (nSPS) is 33.0. The Balaban J connectivity index is -0.0000000980. The van der Waals surface area contributed by atoms with E-state index >= 15 is 0 Å². The maximum absolute atomic E-state index is 5.39. The highest BCUT2D eigenvalue weighted by molar-refractivity contribution is 5.02. The lowest BCUT2D eigenvalue weighted by molar-refractivity contribution is 0.000174. The molecule has 2 saturated heterocycles. The Kier molecular flexibility index (Phi) is 43.0. The van der Waals surface area contributed by atoms with Crippen LogP contribution in [0.3, 0.4) is 0 Å². The van der Waals surface area contributed by atoms with Gasteiger partial charge in [-0.05, 0) is 139 Å². The molecule has 2 saturated carbocycles. The first-order valence-electron chi connectivity index (χ1n) is 21.3. The van der Waals surface area contributed by atoms with Gasteiger partial charge in [0, 0.05) is 16.1 Å². The SMILES string of the molecule is C.C.C.C.C.CC1=CCC(C)CC1.CC1=CCC(C)CC1.CC1CCC(C)CC1.CC1CCC(C)CC1.CC1CCC(C)OC1.CC1CCC(C)OC1.[2HH].[HH]. The predicted molar refractivity (Wildman–Crippen MR) is 253 cm³/mol. The van der Waals surface area contributed by atoms with Crippen LogP contribution in [0.15, 0.2) is 23.3 Å². The molecule has 0 N–H and O–H groups in total. The summed E-state index contributed by atoms with van der Waals surface area (Å²) in [5, 5.41) is 0. The van der Waals surface area contributed by atoms with Gasteiger partial charge in [0.15, 0.2) is 0 Å². The highest BCUT2D eigenvalue weighted by Crippen LogP contribution is 2.28. The maximum Gasteiger partial charge on any atom is 0.0547 e. The van der Waals surface area contributed by atoms with Crippen molar-refractivity contribution in [1.82, 2.24) is 0 Å². The zero-order chi connectivity index (χ0) is 35.9. The van der Waals surface area contributed by atoms with Crippen LogP contribution in [0.4, 0.5) is 0 Å². The fourth-order valence-corrected chi connectivity index (χ4v) is 7.08. The standard InChI is InChI=1S/2C8H16.2C8H14.2C7H14O.5CH4.2H2/c4*1-7-3-5-8(2)6-4-7;2*1-6-3-4-7(2)8-5-6;;;;;;;/h2*7-8H,3-6H2,1-2H3;2*3,8H,4-6H2,1-2H3;2*6-7H,3-5H2,1-2H3;5*1H4;2*1H/i;;;;;;;;;;;1+1;. The number of allylic oxidation sites excluding steroid dienone is 4. The molecule has 0 bridgehead atoms. The summed E-state index contributed by atoms with van der Waals surface area (Å²) in [6, 6.07) is 0. The summed E-state index contributed by atoms with van der Waals surface area (Å²) in [5.41, 5.74) is 3.17. The second-order valence-electron chi connectivity index (χ2n) is 18.2. The molecule has 2 nitrogen and oxygen atoms in total. The minimum absolute atomic E-state index is 0. The van der Waals surface area contributed by atoms with Gasteiger partial charge in [0.25, 0.3) is 0 Å². The summed E-state index contributed by atoms with van der Waals surface area (Å²) in [5.74, 6) is 7.56. The molecular formula is C51H112O2. The van der Waals surface area contributed by atoms with Gasteiger partial charge in [-0.3, -0.25) is 0 Å². The molecule has 6 rings (SSSR count). The third kappa shape index (κ3) is 35.6. The number of hydrogen-bond donors (Lipinski definition) is 0. The van der Waals surface area contributed by atoms with E-state index in [0.29, 0.717) is 12.2 Å². The van der Waals surface area contributed by atoms with Crippen molar-refractivity contribution in [3.63, 3.8) is 0 Å². The molecule has 4 fully saturated rings. The third-order valence-electron chi connectivity index (χ3n) is 11.9. The van der Waals surface area contributed by atoms with E-state index in [1.165, 1.54) is 116 Å². The van der Waals surface area contributed by atoms with Crippen LogP contribution in [-0.4, -0.2) is 25.4 Å². The van der Waals surface area contributed by atoms with E-state index in [9.17, 15) is 0 Å². The van der Waals surface area contributed by atoms with E-state index in [-0.39, 0.29) is 40.0 Å². The number of rotatable bonds is 0. The first-order valence-corrected chi connectivity index (χ1v) is 21.3. The molecule has 6 unspecified atom stereocenters. The molecule has 0 aromatic heterocycles. The summed E-state index contributed by atoms with van der Waals surface area (Å²) >= 11 is 0. The van der Waals surface area contributed by atoms with Crippen LogP contribution in [0, 0.1) is 47.3 Å². The van der Waals surface area contributed by atoms with Crippen LogP contribution in [0.25, 0.3) is 0 Å². The predicted octanol–water partition coefficient (Wildman–Crippen LogP) is 18.5. The fraction of sp³-hybridized carbons (Fsp3) is 0.922. The first kappa shape index (κ1) is 61.6. The lowest BCUT2D eigenvalue weighted by Gasteiger charge is -2.23. The van der Waals surface area contributed by atoms with Crippen molar-refractivity contribution in [1.29, 1.82) is 0 Å². The summed E-state index contributed by atoms with van der Waals surface area (Å²) in [6.45, 7) is 29.3. The quantitative estimate of drug-likeness (QED) is 0.229. The second kappa shape index (κ2) is 37.0. The third-order valence-corrected chi connectivity index (χ3v) is 11.9. The highest BCUT2D eigenvalue weighted by atomic mass is 16.5. The highest BCUT2D eigenvalue weighted by Gasteiger charge is 2.15. The van der Waals surface area contributed by atoms with Gasteiger partial charge in [0.1, 0.15) is 0 Å². The van der Waals surface area contributed by atoms with Gasteiger partial charge in [-0.2, -0.15) is 0 Å². The van der Waals surface area contributed by atoms with Crippen LogP contribution >= 0.6 is 0 Å². The number of hydrogen-bond acceptors (Lipinski definition) is 2. The molecule has 0 amide bonds. The zero-order valence-electron chi connectivity index (χ0n) is 34.9. The molecule has 6 aliphatic rings. The Morgan fingerprint density at radius 1 is 0.377 bits per heavy atom. The molecule has 0 radical (unpaired) electrons. The van der Waals surface area contributed by atoms with E-state index in [1.807, 2.05) is 0 Å². The molecule has 0 aromatic rings. The minimum Gasteiger partial charge on any atom is -0.378 e. The average Bonchev–Trinajstić information content (AvgIpc) is 3.07. The van der Waals surface area contributed by atoms with Crippen molar-refractivity contribution in [2.24, 2.45) is 47.3 Å². The first-order chi connectivity index (χ1) is 22.7. The van der Waals surface area contributed by atoms with E-state index in [2.05, 4.69) is 95.2 Å². The summed E-state index contributed by atoms with van der Waals surface area (Å²) in [4.78, 5) is 0. The molecule has 4 aliphatic carbocycles. The lowest BCUT2D eigenvalue weighted by Crippen LogP contribution is -2.21. The van der Waals surface area contributed by atoms with E-state index in [1.54, 1.807) is 11.1 Å². The van der Waals surface area contributed by atoms with Gasteiger partial charge in [0.2, 0.25) is 0 Å². The Hall–Kier alpha value is -0.600. The van der Waals surface area contributed by atoms with Crippen molar-refractivity contribution in [2.45, 2.75) is 248 Å². The molecular weight excluding hydrogens is 645 g/mol. The summed E-state index contributed by atoms with van der Waals surface area (Å²) < 4.78 is 10.8. The molecule has 2 heterocycles. The van der Waals surface area contributed by atoms with Gasteiger partial charge >= 0.3 is 0 Å². The minimum atomic E-state index is 0. The smallest absolute Gasteiger partial charge is 0.0547 e. The molecule has 328 valence electrons. The van der Waals surface area contributed by atoms with Crippen molar-refractivity contribution in [2.75, 3.05) is 13.2 Å². The molecule has 6 atom stereocenters. The Bertz CT molecular complexity index is 661. The largest absolute Gasteiger partial charge is 0.378 e. The van der Waals surface area contributed by atoms with E-state index in [4.69, 9.17) is 9.47 Å². The lowest BCUT2D eigenvalue weighted by atomic mass is 9.84. The molecule has 53 heavy (non-hydrogen) atoms. The molecule has 0 spiro atoms. The Labute approximate surface area is 343 Å². The Morgan fingerprint density at radius 3 is 0.774 bits per heavy atom. The van der Waals surface area contributed by atoms with Crippen LogP contribution in [0.5, 0.6) is 0 Å². The Morgan fingerprint density at radius 2 is 0.623 bits per heavy atom. The van der Waals surface area contributed by atoms with Crippen LogP contribution in [0.2, 0.25) is 0 Å². The monoisotopic (exact) mass is 758 g/mol. The van der Waals surface area contributed by atoms with Crippen molar-refractivity contribution in [3.05, 3.63) is 23.3 Å². The fourth-order valence-electron chi connectivity index (χ4n) is 7.08. The summed E-state index contributed by atoms with van der Waals surface area (Å²) in [7, 11) is 0. The van der Waals surface area contributed by atoms with Gasteiger partial charge in [-0.15, -0.1) is 0 Å². The van der Waals surface area contributed by atoms with Crippen molar-refractivity contribution >= 4 is 0 Å². The molecule has 0 aromatic carbocycles. The van der Waals surface area contributed by atoms with Gasteiger partial charge in [-0.25, -0.2) is 0 Å². The van der Waals surface area contributed by atoms with Gasteiger partial charge in [-0.1, -0.05) is 167 Å². The van der Waals surface area contributed by atoms with Crippen molar-refractivity contribution < 1.29 is 12.3 Å². The van der Waals surface area contributed by atoms with Crippen LogP contribution in [0.1, 0.15) is 239 Å². The molecule has 2 heteroatoms. The topological polar surface area (TPSA) is 18.5 Å². The van der Waals surface area contributed by atoms with E-state index in [0.717, 1.165) is 60.6 Å². The van der Waals surface area contributed by atoms with Gasteiger partial charge in [0.05, 0.1) is 12.2 Å².